The van der Waals surface area contributed by atoms with E-state index in [9.17, 15) is 4.79 Å². The largest absolute Gasteiger partial charge is 0.399 e. The minimum absolute atomic E-state index is 0.0354. The van der Waals surface area contributed by atoms with Crippen LogP contribution in [0.5, 0.6) is 0 Å². The molecule has 3 nitrogen and oxygen atoms in total. The Labute approximate surface area is 107 Å². The van der Waals surface area contributed by atoms with Gasteiger partial charge in [0, 0.05) is 11.4 Å². The zero-order valence-corrected chi connectivity index (χ0v) is 10.3. The second kappa shape index (κ2) is 5.36. The summed E-state index contributed by atoms with van der Waals surface area (Å²) in [4.78, 5) is 12.1. The number of hydrogen-bond acceptors (Lipinski definition) is 2. The first-order valence-electron chi connectivity index (χ1n) is 5.88. The Hall–Kier alpha value is -2.29. The molecule has 2 aromatic carbocycles. The lowest BCUT2D eigenvalue weighted by Gasteiger charge is -2.12. The second-order valence-corrected chi connectivity index (χ2v) is 4.25. The Morgan fingerprint density at radius 3 is 2.50 bits per heavy atom. The van der Waals surface area contributed by atoms with Crippen molar-refractivity contribution in [3.05, 3.63) is 60.2 Å². The normalized spacial score (nSPS) is 11.8. The highest BCUT2D eigenvalue weighted by Gasteiger charge is 2.14. The molecule has 1 atom stereocenters. The third kappa shape index (κ3) is 2.88. The van der Waals surface area contributed by atoms with E-state index in [0.29, 0.717) is 5.69 Å². The molecule has 0 heterocycles. The number of carbonyl (C=O) groups is 1. The molecular weight excluding hydrogens is 224 g/mol. The summed E-state index contributed by atoms with van der Waals surface area (Å²) < 4.78 is 0. The highest BCUT2D eigenvalue weighted by Crippen LogP contribution is 2.18. The van der Waals surface area contributed by atoms with Crippen LogP contribution in [0.15, 0.2) is 54.6 Å². The molecule has 1 amide bonds. The van der Waals surface area contributed by atoms with Gasteiger partial charge in [-0.25, -0.2) is 0 Å². The number of nitrogens with two attached hydrogens (primary N) is 1. The van der Waals surface area contributed by atoms with Crippen molar-refractivity contribution in [1.29, 1.82) is 0 Å². The molecule has 0 unspecified atom stereocenters. The van der Waals surface area contributed by atoms with Gasteiger partial charge in [-0.1, -0.05) is 36.4 Å². The average molecular weight is 240 g/mol. The predicted molar refractivity (Wildman–Crippen MR) is 74.3 cm³/mol. The maximum absolute atomic E-state index is 12.1. The van der Waals surface area contributed by atoms with Gasteiger partial charge in [0.05, 0.1) is 5.92 Å². The van der Waals surface area contributed by atoms with Crippen LogP contribution in [-0.4, -0.2) is 5.91 Å². The van der Waals surface area contributed by atoms with Gasteiger partial charge in [-0.3, -0.25) is 4.79 Å². The maximum atomic E-state index is 12.1. The molecule has 0 bridgehead atoms. The monoisotopic (exact) mass is 240 g/mol. The molecule has 0 aromatic heterocycles. The van der Waals surface area contributed by atoms with Gasteiger partial charge in [0.15, 0.2) is 0 Å². The molecule has 0 aliphatic rings. The maximum Gasteiger partial charge on any atom is 0.231 e. The van der Waals surface area contributed by atoms with E-state index >= 15 is 0 Å². The van der Waals surface area contributed by atoms with Gasteiger partial charge >= 0.3 is 0 Å². The molecule has 0 aliphatic carbocycles. The van der Waals surface area contributed by atoms with E-state index in [1.807, 2.05) is 49.4 Å². The summed E-state index contributed by atoms with van der Waals surface area (Å²) in [7, 11) is 0. The number of carbonyl (C=O) groups excluding carboxylic acids is 1. The van der Waals surface area contributed by atoms with Gasteiger partial charge in [-0.15, -0.1) is 0 Å². The van der Waals surface area contributed by atoms with Crippen LogP contribution in [0.25, 0.3) is 0 Å². The Bertz CT molecular complexity index is 537. The summed E-state index contributed by atoms with van der Waals surface area (Å²) in [6.07, 6.45) is 0. The third-order valence-corrected chi connectivity index (χ3v) is 2.85. The fraction of sp³-hybridized carbons (Fsp3) is 0.133. The molecule has 18 heavy (non-hydrogen) atoms. The van der Waals surface area contributed by atoms with Crippen LogP contribution < -0.4 is 11.1 Å². The van der Waals surface area contributed by atoms with Crippen LogP contribution in [0.4, 0.5) is 11.4 Å². The van der Waals surface area contributed by atoms with E-state index in [-0.39, 0.29) is 11.8 Å². The molecule has 0 aliphatic heterocycles. The smallest absolute Gasteiger partial charge is 0.231 e. The van der Waals surface area contributed by atoms with Crippen LogP contribution in [0.1, 0.15) is 18.4 Å². The van der Waals surface area contributed by atoms with Crippen molar-refractivity contribution in [2.24, 2.45) is 0 Å². The summed E-state index contributed by atoms with van der Waals surface area (Å²) in [5.74, 6) is -0.223. The standard InChI is InChI=1S/C15H16N2O/c1-11(12-6-3-2-4-7-12)15(18)17-14-9-5-8-13(16)10-14/h2-11H,16H2,1H3,(H,17,18)/t11-/m0/s1. The van der Waals surface area contributed by atoms with Crippen molar-refractivity contribution in [3.63, 3.8) is 0 Å². The van der Waals surface area contributed by atoms with E-state index in [2.05, 4.69) is 5.32 Å². The van der Waals surface area contributed by atoms with Crippen molar-refractivity contribution in [1.82, 2.24) is 0 Å². The summed E-state index contributed by atoms with van der Waals surface area (Å²) in [5.41, 5.74) is 8.03. The van der Waals surface area contributed by atoms with E-state index in [1.165, 1.54) is 0 Å². The highest BCUT2D eigenvalue weighted by molar-refractivity contribution is 5.95. The van der Waals surface area contributed by atoms with Gasteiger partial charge < -0.3 is 11.1 Å². The predicted octanol–water partition coefficient (Wildman–Crippen LogP) is 3.01. The number of amides is 1. The van der Waals surface area contributed by atoms with E-state index in [4.69, 9.17) is 5.73 Å². The number of nitrogens with one attached hydrogen (secondary N) is 1. The molecule has 0 spiro atoms. The van der Waals surface area contributed by atoms with Crippen molar-refractivity contribution < 1.29 is 4.79 Å². The molecule has 3 N–H and O–H groups in total. The Morgan fingerprint density at radius 1 is 1.11 bits per heavy atom. The van der Waals surface area contributed by atoms with Crippen molar-refractivity contribution in [2.75, 3.05) is 11.1 Å². The number of rotatable bonds is 3. The van der Waals surface area contributed by atoms with Crippen molar-refractivity contribution >= 4 is 17.3 Å². The number of benzene rings is 2. The summed E-state index contributed by atoms with van der Waals surface area (Å²) in [6, 6.07) is 16.9. The van der Waals surface area contributed by atoms with Gasteiger partial charge in [0.25, 0.3) is 0 Å². The van der Waals surface area contributed by atoms with Crippen LogP contribution in [0.2, 0.25) is 0 Å². The van der Waals surface area contributed by atoms with Crippen LogP contribution in [0.3, 0.4) is 0 Å². The van der Waals surface area contributed by atoms with E-state index in [0.717, 1.165) is 11.3 Å². The first-order chi connectivity index (χ1) is 8.66. The average Bonchev–Trinajstić information content (AvgIpc) is 2.39. The minimum atomic E-state index is -0.187. The zero-order chi connectivity index (χ0) is 13.0. The third-order valence-electron chi connectivity index (χ3n) is 2.85. The Kier molecular flexibility index (Phi) is 3.63. The topological polar surface area (TPSA) is 55.1 Å². The molecule has 0 saturated heterocycles. The number of hydrogen-bond donors (Lipinski definition) is 2. The van der Waals surface area contributed by atoms with E-state index in [1.54, 1.807) is 12.1 Å². The quantitative estimate of drug-likeness (QED) is 0.810. The lowest BCUT2D eigenvalue weighted by Crippen LogP contribution is -2.18. The fourth-order valence-corrected chi connectivity index (χ4v) is 1.76. The fourth-order valence-electron chi connectivity index (χ4n) is 1.76. The Balaban J connectivity index is 2.09. The Morgan fingerprint density at radius 2 is 1.83 bits per heavy atom. The summed E-state index contributed by atoms with van der Waals surface area (Å²) in [6.45, 7) is 1.89. The van der Waals surface area contributed by atoms with Crippen LogP contribution >= 0.6 is 0 Å². The summed E-state index contributed by atoms with van der Waals surface area (Å²) in [5, 5.41) is 2.86. The molecule has 0 fully saturated rings. The molecule has 0 saturated carbocycles. The molecular formula is C15H16N2O. The zero-order valence-electron chi connectivity index (χ0n) is 10.3. The highest BCUT2D eigenvalue weighted by atomic mass is 16.1. The molecule has 0 radical (unpaired) electrons. The van der Waals surface area contributed by atoms with Gasteiger partial charge in [0.1, 0.15) is 0 Å². The van der Waals surface area contributed by atoms with Crippen molar-refractivity contribution in [2.45, 2.75) is 12.8 Å². The molecule has 92 valence electrons. The first-order valence-corrected chi connectivity index (χ1v) is 5.88. The van der Waals surface area contributed by atoms with Crippen molar-refractivity contribution in [3.8, 4) is 0 Å². The van der Waals surface area contributed by atoms with E-state index < -0.39 is 0 Å². The lowest BCUT2D eigenvalue weighted by molar-refractivity contribution is -0.117. The van der Waals surface area contributed by atoms with Crippen LogP contribution in [-0.2, 0) is 4.79 Å². The van der Waals surface area contributed by atoms with Crippen LogP contribution in [0, 0.1) is 0 Å². The second-order valence-electron chi connectivity index (χ2n) is 4.25. The molecule has 3 heteroatoms. The van der Waals surface area contributed by atoms with Gasteiger partial charge in [-0.2, -0.15) is 0 Å². The first kappa shape index (κ1) is 12.2. The summed E-state index contributed by atoms with van der Waals surface area (Å²) >= 11 is 0. The number of nitrogen functional groups attached to an aromatic ring is 1. The molecule has 2 aromatic rings. The van der Waals surface area contributed by atoms with Gasteiger partial charge in [0.2, 0.25) is 5.91 Å². The van der Waals surface area contributed by atoms with Gasteiger partial charge in [-0.05, 0) is 30.7 Å². The molecule has 2 rings (SSSR count). The number of anilines is 2. The minimum Gasteiger partial charge on any atom is -0.399 e. The SMILES string of the molecule is C[C@H](C(=O)Nc1cccc(N)c1)c1ccccc1. The lowest BCUT2D eigenvalue weighted by atomic mass is 10.0.